The molecule has 0 aromatic heterocycles. The van der Waals surface area contributed by atoms with Crippen molar-refractivity contribution in [2.45, 2.75) is 215 Å². The van der Waals surface area contributed by atoms with Crippen LogP contribution in [0.3, 0.4) is 0 Å². The lowest BCUT2D eigenvalue weighted by atomic mass is 10.0. The molecular formula is C62H108N18O15. The third kappa shape index (κ3) is 29.1. The number of likely N-dealkylation sites (tertiary alicyclic amines) is 2. The number of nitrogens with one attached hydrogen (secondary N) is 9. The zero-order valence-corrected chi connectivity index (χ0v) is 55.0. The summed E-state index contributed by atoms with van der Waals surface area (Å²) in [6, 6.07) is -6.84. The van der Waals surface area contributed by atoms with E-state index in [1.807, 2.05) is 0 Å². The molecule has 11 amide bonds. The van der Waals surface area contributed by atoms with E-state index < -0.39 is 144 Å². The van der Waals surface area contributed by atoms with Gasteiger partial charge in [-0.3, -0.25) is 52.7 Å². The van der Waals surface area contributed by atoms with Crippen LogP contribution < -0.4 is 88.0 Å². The zero-order chi connectivity index (χ0) is 70.4. The second-order valence-electron chi connectivity index (χ2n) is 24.2. The highest BCUT2D eigenvalue weighted by molar-refractivity contribution is 5.99. The fourth-order valence-corrected chi connectivity index (χ4v) is 11.1. The quantitative estimate of drug-likeness (QED) is 0.0271. The number of carbonyl (C=O) groups excluding carboxylic acids is 11. The van der Waals surface area contributed by atoms with E-state index in [2.05, 4.69) is 47.9 Å². The Balaban J connectivity index is 1.93. The summed E-state index contributed by atoms with van der Waals surface area (Å²) in [6.45, 7) is 1.80. The SMILES string of the molecule is C[C@H](NC(=O)CN)C(=O)NCC(=O)N1C[C@H](O)C[C@H]1C(=O)N1CCC[C@H]1C(=O)N[C@@H](Cc1ccc(O)cc1)C(=O)N[C@@H](CCCCN)C(=O)N[C@@H](CCCCN)C(=O)N[C@@H](CCCCN)C(=O)N[C@@H](CCCCN)C(=O)N[C@@H](CCCCN)C(=O)N[C@@H](CCCCN)C(=O)O. The monoisotopic (exact) mass is 1340 g/mol. The average molecular weight is 1350 g/mol. The number of phenolic OH excluding ortho intramolecular Hbond substituents is 1. The van der Waals surface area contributed by atoms with Crippen LogP contribution in [-0.4, -0.2) is 228 Å². The van der Waals surface area contributed by atoms with E-state index in [4.69, 9.17) is 40.1 Å². The number of carboxylic acid groups (broad SMARTS) is 1. The second-order valence-corrected chi connectivity index (χ2v) is 24.2. The van der Waals surface area contributed by atoms with Crippen molar-refractivity contribution in [3.05, 3.63) is 29.8 Å². The largest absolute Gasteiger partial charge is 0.508 e. The molecule has 2 saturated heterocycles. The van der Waals surface area contributed by atoms with Gasteiger partial charge in [0.2, 0.25) is 65.0 Å². The number of unbranched alkanes of at least 4 members (excludes halogenated alkanes) is 6. The molecule has 0 radical (unpaired) electrons. The van der Waals surface area contributed by atoms with Gasteiger partial charge >= 0.3 is 5.97 Å². The Morgan fingerprint density at radius 1 is 0.484 bits per heavy atom. The highest BCUT2D eigenvalue weighted by atomic mass is 16.4. The van der Waals surface area contributed by atoms with Crippen LogP contribution in [0.4, 0.5) is 0 Å². The van der Waals surface area contributed by atoms with Crippen molar-refractivity contribution in [2.24, 2.45) is 40.1 Å². The molecule has 3 rings (SSSR count). The normalized spacial score (nSPS) is 17.7. The topological polar surface area (TPSA) is 562 Å². The summed E-state index contributed by atoms with van der Waals surface area (Å²) < 4.78 is 0. The average Bonchev–Trinajstić information content (AvgIpc) is 1.67. The van der Waals surface area contributed by atoms with E-state index in [1.165, 1.54) is 36.1 Å². The van der Waals surface area contributed by atoms with Crippen LogP contribution in [0, 0.1) is 0 Å². The summed E-state index contributed by atoms with van der Waals surface area (Å²) in [5, 5.41) is 54.6. The number of phenols is 1. The molecule has 11 atom stereocenters. The van der Waals surface area contributed by atoms with Gasteiger partial charge in [0.25, 0.3) is 0 Å². The maximum absolute atomic E-state index is 14.7. The van der Waals surface area contributed by atoms with Crippen LogP contribution in [0.5, 0.6) is 5.75 Å². The number of aliphatic carboxylic acids is 1. The van der Waals surface area contributed by atoms with Gasteiger partial charge in [0.1, 0.15) is 66.2 Å². The standard InChI is InChI=1S/C62H108N18O15/c1-38(71-51(83)35-69)53(85)70-36-52(84)80-37-41(82)34-50(80)61(93)79-32-14-21-49(79)60(92)78-48(33-39-22-24-40(81)25-23-39)59(91)76-45(18-5-11-29-66)57(89)74-43(16-3-9-27-64)55(87)72-42(15-2-8-26-63)54(86)73-44(17-4-10-28-65)56(88)75-46(19-6-12-30-67)58(90)77-47(62(94)95)20-7-13-31-68/h22-25,38,41-50,81-82H,2-21,26-37,63-69H2,1H3,(H,70,85)(H,71,83)(H,72,87)(H,73,86)(H,74,89)(H,75,88)(H,76,91)(H,77,90)(H,78,92)(H,94,95)/t38-,41+,42-,43-,44-,45-,46-,47-,48-,49-,50-/m0/s1. The van der Waals surface area contributed by atoms with Crippen molar-refractivity contribution in [1.29, 1.82) is 0 Å². The van der Waals surface area contributed by atoms with E-state index >= 15 is 0 Å². The van der Waals surface area contributed by atoms with E-state index in [9.17, 15) is 72.9 Å². The van der Waals surface area contributed by atoms with Gasteiger partial charge in [-0.05, 0) is 192 Å². The van der Waals surface area contributed by atoms with Gasteiger partial charge in [0, 0.05) is 25.9 Å². The lowest BCUT2D eigenvalue weighted by Crippen LogP contribution is -2.60. The van der Waals surface area contributed by atoms with Crippen LogP contribution >= 0.6 is 0 Å². The first-order chi connectivity index (χ1) is 45.5. The summed E-state index contributed by atoms with van der Waals surface area (Å²) in [4.78, 5) is 168. The number of aliphatic hydroxyl groups excluding tert-OH is 1. The Kier molecular flexibility index (Phi) is 38.6. The number of aliphatic hydroxyl groups is 1. The molecule has 2 aliphatic heterocycles. The second kappa shape index (κ2) is 44.9. The van der Waals surface area contributed by atoms with Gasteiger partial charge in [-0.1, -0.05) is 12.1 Å². The molecule has 2 fully saturated rings. The first-order valence-corrected chi connectivity index (χ1v) is 33.4. The molecular weight excluding hydrogens is 1240 g/mol. The fourth-order valence-electron chi connectivity index (χ4n) is 11.1. The van der Waals surface area contributed by atoms with Crippen LogP contribution in [0.25, 0.3) is 0 Å². The van der Waals surface area contributed by atoms with Gasteiger partial charge in [0.05, 0.1) is 19.2 Å². The van der Waals surface area contributed by atoms with Gasteiger partial charge in [-0.2, -0.15) is 0 Å². The fraction of sp³-hybridized carbons (Fsp3) is 0.710. The minimum Gasteiger partial charge on any atom is -0.508 e. The smallest absolute Gasteiger partial charge is 0.326 e. The van der Waals surface area contributed by atoms with Crippen LogP contribution in [0.15, 0.2) is 24.3 Å². The van der Waals surface area contributed by atoms with Crippen molar-refractivity contribution in [2.75, 3.05) is 65.4 Å². The Bertz CT molecular complexity index is 2630. The number of hydrogen-bond donors (Lipinski definition) is 19. The summed E-state index contributed by atoms with van der Waals surface area (Å²) in [7, 11) is 0. The highest BCUT2D eigenvalue weighted by Gasteiger charge is 2.45. The summed E-state index contributed by atoms with van der Waals surface area (Å²) in [5.74, 6) is -9.54. The van der Waals surface area contributed by atoms with Crippen molar-refractivity contribution in [1.82, 2.24) is 57.7 Å². The summed E-state index contributed by atoms with van der Waals surface area (Å²) in [5.41, 5.74) is 40.5. The number of hydrogen-bond acceptors (Lipinski definition) is 21. The molecule has 0 aliphatic carbocycles. The highest BCUT2D eigenvalue weighted by Crippen LogP contribution is 2.26. The van der Waals surface area contributed by atoms with E-state index in [1.54, 1.807) is 0 Å². The van der Waals surface area contributed by atoms with Gasteiger partial charge in [-0.15, -0.1) is 0 Å². The molecule has 1 aromatic carbocycles. The van der Waals surface area contributed by atoms with Crippen molar-refractivity contribution >= 4 is 70.9 Å². The molecule has 0 saturated carbocycles. The van der Waals surface area contributed by atoms with E-state index in [-0.39, 0.29) is 116 Å². The number of benzene rings is 1. The number of amides is 11. The summed E-state index contributed by atoms with van der Waals surface area (Å²) in [6.07, 6.45) is 4.14. The number of nitrogens with zero attached hydrogens (tertiary/aromatic N) is 2. The van der Waals surface area contributed by atoms with Gasteiger partial charge < -0.3 is 113 Å². The van der Waals surface area contributed by atoms with E-state index in [0.717, 1.165) is 4.90 Å². The van der Waals surface area contributed by atoms with Crippen LogP contribution in [0.2, 0.25) is 0 Å². The molecule has 95 heavy (non-hydrogen) atoms. The first-order valence-electron chi connectivity index (χ1n) is 33.4. The lowest BCUT2D eigenvalue weighted by molar-refractivity contribution is -0.147. The number of β-amino-alcohol motifs (C(OH)–C–C–N with tert-alkyl or cyclic N) is 1. The molecule has 0 spiro atoms. The number of carbonyl (C=O) groups is 12. The number of rotatable bonds is 47. The zero-order valence-electron chi connectivity index (χ0n) is 55.0. The van der Waals surface area contributed by atoms with Gasteiger partial charge in [0.15, 0.2) is 0 Å². The van der Waals surface area contributed by atoms with E-state index in [0.29, 0.717) is 95.6 Å². The van der Waals surface area contributed by atoms with Gasteiger partial charge in [-0.25, -0.2) is 4.79 Å². The Hall–Kier alpha value is -7.66. The van der Waals surface area contributed by atoms with Crippen molar-refractivity contribution in [3.63, 3.8) is 0 Å². The molecule has 33 heteroatoms. The Morgan fingerprint density at radius 3 is 1.24 bits per heavy atom. The molecule has 2 heterocycles. The lowest BCUT2D eigenvalue weighted by Gasteiger charge is -2.32. The predicted octanol–water partition coefficient (Wildman–Crippen LogP) is -5.28. The van der Waals surface area contributed by atoms with Crippen molar-refractivity contribution in [3.8, 4) is 5.75 Å². The summed E-state index contributed by atoms with van der Waals surface area (Å²) >= 11 is 0. The van der Waals surface area contributed by atoms with Crippen molar-refractivity contribution < 1.29 is 72.9 Å². The maximum atomic E-state index is 14.7. The number of carboxylic acids is 1. The Morgan fingerprint density at radius 2 is 0.863 bits per heavy atom. The molecule has 0 unspecified atom stereocenters. The molecule has 0 bridgehead atoms. The molecule has 33 nitrogen and oxygen atoms in total. The first kappa shape index (κ1) is 81.6. The molecule has 26 N–H and O–H groups in total. The third-order valence-corrected chi connectivity index (χ3v) is 16.6. The predicted molar refractivity (Wildman–Crippen MR) is 351 cm³/mol. The third-order valence-electron chi connectivity index (χ3n) is 16.6. The minimum absolute atomic E-state index is 0.00505. The maximum Gasteiger partial charge on any atom is 0.326 e. The Labute approximate surface area is 555 Å². The number of nitrogens with two attached hydrogens (primary N) is 7. The molecule has 1 aromatic rings. The minimum atomic E-state index is -1.43. The van der Waals surface area contributed by atoms with Crippen LogP contribution in [-0.2, 0) is 64.0 Å². The molecule has 2 aliphatic rings. The number of aromatic hydroxyl groups is 1. The van der Waals surface area contributed by atoms with Crippen LogP contribution in [0.1, 0.15) is 147 Å². The molecule has 536 valence electrons.